The number of ether oxygens (including phenoxy) is 1. The molecule has 4 heteroatoms. The first-order valence-electron chi connectivity index (χ1n) is 11.0. The predicted molar refractivity (Wildman–Crippen MR) is 132 cm³/mol. The predicted octanol–water partition coefficient (Wildman–Crippen LogP) is 5.94. The molecule has 5 rings (SSSR count). The van der Waals surface area contributed by atoms with Crippen LogP contribution >= 0.6 is 23.5 Å². The lowest BCUT2D eigenvalue weighted by atomic mass is 9.80. The second-order valence-electron chi connectivity index (χ2n) is 8.33. The maximum absolute atomic E-state index is 11.2. The molecule has 3 aromatic carbocycles. The minimum atomic E-state index is -0.764. The summed E-state index contributed by atoms with van der Waals surface area (Å²) in [4.78, 5) is 0. The third-order valence-corrected chi connectivity index (χ3v) is 9.98. The van der Waals surface area contributed by atoms with Crippen LogP contribution in [0.1, 0.15) is 29.5 Å². The van der Waals surface area contributed by atoms with E-state index in [0.717, 1.165) is 23.1 Å². The van der Waals surface area contributed by atoms with E-state index in [2.05, 4.69) is 72.8 Å². The molecular formula is C27H28O2S2. The quantitative estimate of drug-likeness (QED) is 0.453. The monoisotopic (exact) mass is 448 g/mol. The summed E-state index contributed by atoms with van der Waals surface area (Å²) in [7, 11) is 0. The number of hydrogen-bond donors (Lipinski definition) is 1. The number of benzene rings is 3. The number of rotatable bonds is 7. The molecule has 2 aliphatic rings. The molecule has 0 unspecified atom stereocenters. The summed E-state index contributed by atoms with van der Waals surface area (Å²) in [6.07, 6.45) is 1.89. The average molecular weight is 449 g/mol. The first-order valence-corrected chi connectivity index (χ1v) is 13.0. The van der Waals surface area contributed by atoms with Gasteiger partial charge in [0, 0.05) is 5.92 Å². The summed E-state index contributed by atoms with van der Waals surface area (Å²) >= 11 is 4.08. The van der Waals surface area contributed by atoms with Gasteiger partial charge in [0.05, 0.1) is 16.8 Å². The van der Waals surface area contributed by atoms with Gasteiger partial charge in [0.15, 0.2) is 0 Å². The summed E-state index contributed by atoms with van der Waals surface area (Å²) in [6, 6.07) is 31.2. The molecule has 31 heavy (non-hydrogen) atoms. The van der Waals surface area contributed by atoms with Gasteiger partial charge in [0.2, 0.25) is 0 Å². The molecule has 1 aliphatic heterocycles. The van der Waals surface area contributed by atoms with E-state index in [0.29, 0.717) is 12.5 Å². The molecule has 0 aromatic heterocycles. The van der Waals surface area contributed by atoms with E-state index < -0.39 is 11.7 Å². The van der Waals surface area contributed by atoms with Gasteiger partial charge >= 0.3 is 0 Å². The maximum Gasteiger partial charge on any atom is 0.143 e. The highest BCUT2D eigenvalue weighted by Crippen LogP contribution is 2.65. The van der Waals surface area contributed by atoms with Crippen LogP contribution in [0, 0.1) is 5.92 Å². The number of aliphatic hydroxyl groups excluding tert-OH is 1. The summed E-state index contributed by atoms with van der Waals surface area (Å²) in [5.41, 5.74) is 2.46. The Balaban J connectivity index is 1.50. The minimum absolute atomic E-state index is 0.218. The molecule has 0 amide bonds. The Bertz CT molecular complexity index is 875. The highest BCUT2D eigenvalue weighted by Gasteiger charge is 2.59. The fraction of sp³-hybridized carbons (Fsp3) is 0.333. The van der Waals surface area contributed by atoms with E-state index in [1.807, 2.05) is 41.7 Å². The minimum Gasteiger partial charge on any atom is -0.390 e. The van der Waals surface area contributed by atoms with Gasteiger partial charge in [-0.1, -0.05) is 91.0 Å². The molecule has 160 valence electrons. The van der Waals surface area contributed by atoms with Gasteiger partial charge < -0.3 is 9.84 Å². The van der Waals surface area contributed by atoms with Crippen LogP contribution < -0.4 is 0 Å². The molecule has 0 bridgehead atoms. The third kappa shape index (κ3) is 4.07. The Morgan fingerprint density at radius 1 is 0.806 bits per heavy atom. The van der Waals surface area contributed by atoms with Crippen LogP contribution in [0.4, 0.5) is 0 Å². The SMILES string of the molecule is O[C@H](COC(c1ccccc1)(c1ccccc1)c1ccccc1)[C@@H]1CC12SCCCS2. The maximum atomic E-state index is 11.2. The van der Waals surface area contributed by atoms with Crippen LogP contribution in [-0.4, -0.2) is 33.4 Å². The number of hydrogen-bond acceptors (Lipinski definition) is 4. The molecule has 2 fully saturated rings. The van der Waals surface area contributed by atoms with Crippen molar-refractivity contribution in [2.24, 2.45) is 5.92 Å². The van der Waals surface area contributed by atoms with E-state index in [-0.39, 0.29) is 4.08 Å². The summed E-state index contributed by atoms with van der Waals surface area (Å²) in [6.45, 7) is 0.312. The van der Waals surface area contributed by atoms with Gasteiger partial charge in [0.25, 0.3) is 0 Å². The van der Waals surface area contributed by atoms with Crippen LogP contribution in [-0.2, 0) is 10.3 Å². The number of thioether (sulfide) groups is 2. The Labute approximate surface area is 193 Å². The van der Waals surface area contributed by atoms with Crippen molar-refractivity contribution in [1.29, 1.82) is 0 Å². The molecule has 0 radical (unpaired) electrons. The molecule has 1 aliphatic carbocycles. The lowest BCUT2D eigenvalue weighted by Gasteiger charge is -2.37. The second kappa shape index (κ2) is 9.03. The van der Waals surface area contributed by atoms with Gasteiger partial charge in [0.1, 0.15) is 5.60 Å². The highest BCUT2D eigenvalue weighted by atomic mass is 32.2. The van der Waals surface area contributed by atoms with Crippen LogP contribution in [0.3, 0.4) is 0 Å². The topological polar surface area (TPSA) is 29.5 Å². The fourth-order valence-corrected chi connectivity index (χ4v) is 8.32. The first kappa shape index (κ1) is 21.1. The largest absolute Gasteiger partial charge is 0.390 e. The van der Waals surface area contributed by atoms with Crippen molar-refractivity contribution in [3.63, 3.8) is 0 Å². The molecule has 1 N–H and O–H groups in total. The molecule has 2 atom stereocenters. The molecule has 2 nitrogen and oxygen atoms in total. The van der Waals surface area contributed by atoms with Gasteiger partial charge in [-0.15, -0.1) is 23.5 Å². The zero-order valence-electron chi connectivity index (χ0n) is 17.5. The zero-order valence-corrected chi connectivity index (χ0v) is 19.2. The lowest BCUT2D eigenvalue weighted by Crippen LogP contribution is -2.36. The molecule has 1 saturated heterocycles. The Morgan fingerprint density at radius 2 is 1.26 bits per heavy atom. The first-order chi connectivity index (χ1) is 15.2. The molecule has 1 heterocycles. The van der Waals surface area contributed by atoms with Gasteiger partial charge in [-0.25, -0.2) is 0 Å². The van der Waals surface area contributed by atoms with Crippen LogP contribution in [0.15, 0.2) is 91.0 Å². The lowest BCUT2D eigenvalue weighted by molar-refractivity contribution is -0.0442. The Kier molecular flexibility index (Phi) is 6.16. The summed E-state index contributed by atoms with van der Waals surface area (Å²) < 4.78 is 7.03. The molecular weight excluding hydrogens is 420 g/mol. The van der Waals surface area contributed by atoms with Gasteiger partial charge in [-0.2, -0.15) is 0 Å². The molecule has 1 spiro atoms. The van der Waals surface area contributed by atoms with E-state index >= 15 is 0 Å². The summed E-state index contributed by atoms with van der Waals surface area (Å²) in [5.74, 6) is 2.72. The average Bonchev–Trinajstić information content (AvgIpc) is 3.54. The molecule has 3 aromatic rings. The van der Waals surface area contributed by atoms with Crippen LogP contribution in [0.5, 0.6) is 0 Å². The van der Waals surface area contributed by atoms with Gasteiger partial charge in [-0.3, -0.25) is 0 Å². The second-order valence-corrected chi connectivity index (χ2v) is 11.4. The van der Waals surface area contributed by atoms with E-state index in [1.54, 1.807) is 0 Å². The standard InChI is InChI=1S/C27H28O2S2/c28-25(24-19-26(24)30-17-10-18-31-26)20-29-27(21-11-4-1-5-12-21,22-13-6-2-7-14-22)23-15-8-3-9-16-23/h1-9,11-16,24-25,28H,10,17-20H2/t24-,25+/m0/s1. The van der Waals surface area contributed by atoms with Gasteiger partial charge in [-0.05, 0) is 41.0 Å². The fourth-order valence-electron chi connectivity index (χ4n) is 4.69. The van der Waals surface area contributed by atoms with Crippen molar-refractivity contribution in [3.8, 4) is 0 Å². The van der Waals surface area contributed by atoms with Crippen molar-refractivity contribution in [2.75, 3.05) is 18.1 Å². The smallest absolute Gasteiger partial charge is 0.143 e. The Hall–Kier alpha value is -1.72. The molecule has 1 saturated carbocycles. The highest BCUT2D eigenvalue weighted by molar-refractivity contribution is 8.19. The third-order valence-electron chi connectivity index (χ3n) is 6.37. The van der Waals surface area contributed by atoms with Crippen LogP contribution in [0.2, 0.25) is 0 Å². The Morgan fingerprint density at radius 3 is 1.71 bits per heavy atom. The van der Waals surface area contributed by atoms with E-state index in [9.17, 15) is 5.11 Å². The van der Waals surface area contributed by atoms with Crippen molar-refractivity contribution in [2.45, 2.75) is 28.6 Å². The normalized spacial score (nSPS) is 21.0. The van der Waals surface area contributed by atoms with E-state index in [4.69, 9.17) is 4.74 Å². The van der Waals surface area contributed by atoms with Crippen LogP contribution in [0.25, 0.3) is 0 Å². The van der Waals surface area contributed by atoms with Crippen molar-refractivity contribution >= 4 is 23.5 Å². The number of aliphatic hydroxyl groups is 1. The van der Waals surface area contributed by atoms with Crippen molar-refractivity contribution < 1.29 is 9.84 Å². The zero-order chi connectivity index (χ0) is 21.2. The summed E-state index contributed by atoms with van der Waals surface area (Å²) in [5, 5.41) is 11.2. The van der Waals surface area contributed by atoms with Crippen molar-refractivity contribution in [3.05, 3.63) is 108 Å². The van der Waals surface area contributed by atoms with Crippen molar-refractivity contribution in [1.82, 2.24) is 0 Å². The van der Waals surface area contributed by atoms with E-state index in [1.165, 1.54) is 17.9 Å².